The molecule has 2 aromatic rings. The Morgan fingerprint density at radius 2 is 2.15 bits per heavy atom. The quantitative estimate of drug-likeness (QED) is 0.912. The molecule has 4 nitrogen and oxygen atoms in total. The van der Waals surface area contributed by atoms with Gasteiger partial charge >= 0.3 is 0 Å². The first kappa shape index (κ1) is 14.9. The minimum absolute atomic E-state index is 0.0748. The van der Waals surface area contributed by atoms with Gasteiger partial charge in [0, 0.05) is 35.4 Å². The molecule has 2 rings (SSSR count). The van der Waals surface area contributed by atoms with Crippen molar-refractivity contribution in [2.24, 2.45) is 7.05 Å². The van der Waals surface area contributed by atoms with Crippen LogP contribution < -0.4 is 5.32 Å². The molecule has 2 N–H and O–H groups in total. The van der Waals surface area contributed by atoms with Crippen molar-refractivity contribution < 1.29 is 9.90 Å². The zero-order chi connectivity index (χ0) is 14.7. The molecular weight excluding hydrogens is 299 g/mol. The first-order chi connectivity index (χ1) is 9.49. The van der Waals surface area contributed by atoms with E-state index in [1.54, 1.807) is 48.1 Å². The molecule has 0 radical (unpaired) electrons. The number of aromatic nitrogens is 1. The van der Waals surface area contributed by atoms with Crippen molar-refractivity contribution in [3.63, 3.8) is 0 Å². The van der Waals surface area contributed by atoms with Crippen LogP contribution in [0.2, 0.25) is 10.0 Å². The highest BCUT2D eigenvalue weighted by Gasteiger charge is 2.15. The summed E-state index contributed by atoms with van der Waals surface area (Å²) in [5.74, 6) is -0.248. The van der Waals surface area contributed by atoms with Gasteiger partial charge in [-0.05, 0) is 24.3 Å². The van der Waals surface area contributed by atoms with Crippen LogP contribution in [0.4, 0.5) is 0 Å². The normalized spacial score (nSPS) is 12.2. The third-order valence-corrected chi connectivity index (χ3v) is 3.52. The standard InChI is InChI=1S/C14H14Cl2N2O2/c1-18-6-2-3-12(18)14(20)17-8-13(19)10-5-4-9(15)7-11(10)16/h2-7,13,19H,8H2,1H3,(H,17,20). The lowest BCUT2D eigenvalue weighted by atomic mass is 10.1. The van der Waals surface area contributed by atoms with Gasteiger partial charge in [0.15, 0.2) is 0 Å². The van der Waals surface area contributed by atoms with E-state index in [2.05, 4.69) is 5.32 Å². The molecule has 1 aromatic heterocycles. The van der Waals surface area contributed by atoms with Crippen molar-refractivity contribution in [3.05, 3.63) is 57.8 Å². The number of hydrogen-bond acceptors (Lipinski definition) is 2. The molecule has 6 heteroatoms. The number of benzene rings is 1. The number of hydrogen-bond donors (Lipinski definition) is 2. The summed E-state index contributed by atoms with van der Waals surface area (Å²) < 4.78 is 1.71. The smallest absolute Gasteiger partial charge is 0.267 e. The summed E-state index contributed by atoms with van der Waals surface area (Å²) in [6.07, 6.45) is 0.894. The Kier molecular flexibility index (Phi) is 4.70. The van der Waals surface area contributed by atoms with Crippen LogP contribution in [-0.2, 0) is 7.05 Å². The molecule has 0 saturated carbocycles. The number of rotatable bonds is 4. The van der Waals surface area contributed by atoms with Crippen LogP contribution in [0.15, 0.2) is 36.5 Å². The second-order valence-electron chi connectivity index (χ2n) is 4.40. The van der Waals surface area contributed by atoms with Crippen molar-refractivity contribution in [1.29, 1.82) is 0 Å². The number of carbonyl (C=O) groups excluding carboxylic acids is 1. The monoisotopic (exact) mass is 312 g/mol. The van der Waals surface area contributed by atoms with Crippen LogP contribution in [0.1, 0.15) is 22.2 Å². The van der Waals surface area contributed by atoms with E-state index in [1.807, 2.05) is 0 Å². The average Bonchev–Trinajstić information content (AvgIpc) is 2.82. The molecule has 1 heterocycles. The molecule has 0 aliphatic heterocycles. The molecular formula is C14H14Cl2N2O2. The fraction of sp³-hybridized carbons (Fsp3) is 0.214. The number of aliphatic hydroxyl groups is 1. The Hall–Kier alpha value is -1.49. The van der Waals surface area contributed by atoms with E-state index in [-0.39, 0.29) is 12.5 Å². The van der Waals surface area contributed by atoms with E-state index in [0.717, 1.165) is 0 Å². The van der Waals surface area contributed by atoms with Crippen LogP contribution >= 0.6 is 23.2 Å². The number of nitrogens with zero attached hydrogens (tertiary/aromatic N) is 1. The van der Waals surface area contributed by atoms with E-state index >= 15 is 0 Å². The second-order valence-corrected chi connectivity index (χ2v) is 5.24. The highest BCUT2D eigenvalue weighted by molar-refractivity contribution is 6.35. The highest BCUT2D eigenvalue weighted by atomic mass is 35.5. The Bertz CT molecular complexity index is 625. The SMILES string of the molecule is Cn1cccc1C(=O)NCC(O)c1ccc(Cl)cc1Cl. The highest BCUT2D eigenvalue weighted by Crippen LogP contribution is 2.25. The predicted octanol–water partition coefficient (Wildman–Crippen LogP) is 2.80. The maximum absolute atomic E-state index is 11.9. The zero-order valence-electron chi connectivity index (χ0n) is 10.8. The second kappa shape index (κ2) is 6.31. The van der Waals surface area contributed by atoms with Crippen molar-refractivity contribution in [1.82, 2.24) is 9.88 Å². The Labute approximate surface area is 126 Å². The van der Waals surface area contributed by atoms with Crippen molar-refractivity contribution in [2.45, 2.75) is 6.10 Å². The Morgan fingerprint density at radius 3 is 2.75 bits per heavy atom. The maximum atomic E-state index is 11.9. The molecule has 1 unspecified atom stereocenters. The number of aliphatic hydroxyl groups excluding tert-OH is 1. The first-order valence-corrected chi connectivity index (χ1v) is 6.77. The third kappa shape index (κ3) is 3.33. The number of carbonyl (C=O) groups is 1. The molecule has 0 aliphatic rings. The molecule has 0 fully saturated rings. The van der Waals surface area contributed by atoms with Gasteiger partial charge in [0.2, 0.25) is 0 Å². The molecule has 1 aromatic carbocycles. The van der Waals surface area contributed by atoms with Gasteiger partial charge in [-0.3, -0.25) is 4.79 Å². The lowest BCUT2D eigenvalue weighted by Crippen LogP contribution is -2.29. The van der Waals surface area contributed by atoms with E-state index in [4.69, 9.17) is 23.2 Å². The first-order valence-electron chi connectivity index (χ1n) is 6.01. The third-order valence-electron chi connectivity index (χ3n) is 2.95. The summed E-state index contributed by atoms with van der Waals surface area (Å²) in [6, 6.07) is 8.33. The van der Waals surface area contributed by atoms with Crippen LogP contribution in [-0.4, -0.2) is 22.1 Å². The predicted molar refractivity (Wildman–Crippen MR) is 79.2 cm³/mol. The molecule has 20 heavy (non-hydrogen) atoms. The molecule has 0 aliphatic carbocycles. The van der Waals surface area contributed by atoms with Crippen LogP contribution in [0.3, 0.4) is 0 Å². The summed E-state index contributed by atoms with van der Waals surface area (Å²) in [7, 11) is 1.78. The van der Waals surface area contributed by atoms with Gasteiger partial charge in [0.05, 0.1) is 6.10 Å². The van der Waals surface area contributed by atoms with Gasteiger partial charge in [-0.25, -0.2) is 0 Å². The average molecular weight is 313 g/mol. The van der Waals surface area contributed by atoms with E-state index < -0.39 is 6.10 Å². The van der Waals surface area contributed by atoms with Gasteiger partial charge in [0.25, 0.3) is 5.91 Å². The van der Waals surface area contributed by atoms with E-state index in [9.17, 15) is 9.90 Å². The molecule has 0 saturated heterocycles. The zero-order valence-corrected chi connectivity index (χ0v) is 12.3. The Balaban J connectivity index is 2.00. The number of amides is 1. The molecule has 106 valence electrons. The van der Waals surface area contributed by atoms with Gasteiger partial charge < -0.3 is 15.0 Å². The van der Waals surface area contributed by atoms with Crippen LogP contribution in [0.5, 0.6) is 0 Å². The summed E-state index contributed by atoms with van der Waals surface area (Å²) in [4.78, 5) is 11.9. The minimum atomic E-state index is -0.885. The van der Waals surface area contributed by atoms with Gasteiger partial charge in [-0.2, -0.15) is 0 Å². The summed E-state index contributed by atoms with van der Waals surface area (Å²) in [5.41, 5.74) is 1.06. The molecule has 1 amide bonds. The van der Waals surface area contributed by atoms with Crippen LogP contribution in [0.25, 0.3) is 0 Å². The van der Waals surface area contributed by atoms with Crippen molar-refractivity contribution in [2.75, 3.05) is 6.54 Å². The van der Waals surface area contributed by atoms with Crippen molar-refractivity contribution >= 4 is 29.1 Å². The summed E-state index contributed by atoms with van der Waals surface area (Å²) in [5, 5.41) is 13.6. The number of halogens is 2. The van der Waals surface area contributed by atoms with E-state index in [0.29, 0.717) is 21.3 Å². The lowest BCUT2D eigenvalue weighted by molar-refractivity contribution is 0.0908. The number of aryl methyl sites for hydroxylation is 1. The molecule has 0 bridgehead atoms. The maximum Gasteiger partial charge on any atom is 0.267 e. The molecule has 0 spiro atoms. The molecule has 1 atom stereocenters. The van der Waals surface area contributed by atoms with Gasteiger partial charge in [-0.15, -0.1) is 0 Å². The lowest BCUT2D eigenvalue weighted by Gasteiger charge is -2.14. The fourth-order valence-electron chi connectivity index (χ4n) is 1.86. The Morgan fingerprint density at radius 1 is 1.40 bits per heavy atom. The largest absolute Gasteiger partial charge is 0.387 e. The van der Waals surface area contributed by atoms with Crippen LogP contribution in [0, 0.1) is 0 Å². The van der Waals surface area contributed by atoms with Gasteiger partial charge in [0.1, 0.15) is 5.69 Å². The minimum Gasteiger partial charge on any atom is -0.387 e. The topological polar surface area (TPSA) is 54.3 Å². The summed E-state index contributed by atoms with van der Waals surface area (Å²) >= 11 is 11.8. The van der Waals surface area contributed by atoms with Gasteiger partial charge in [-0.1, -0.05) is 29.3 Å². The number of nitrogens with one attached hydrogen (secondary N) is 1. The summed E-state index contributed by atoms with van der Waals surface area (Å²) in [6.45, 7) is 0.0748. The van der Waals surface area contributed by atoms with Crippen molar-refractivity contribution in [3.8, 4) is 0 Å². The fourth-order valence-corrected chi connectivity index (χ4v) is 2.39. The van der Waals surface area contributed by atoms with E-state index in [1.165, 1.54) is 0 Å².